The molecule has 0 saturated heterocycles. The molecule has 2 aromatic carbocycles. The van der Waals surface area contributed by atoms with Crippen molar-refractivity contribution in [2.24, 2.45) is 11.8 Å². The average molecular weight is 519 g/mol. The molecule has 0 bridgehead atoms. The number of carbonyl (C=O) groups excluding carboxylic acids is 2. The Balaban J connectivity index is 1.33. The summed E-state index contributed by atoms with van der Waals surface area (Å²) in [5.41, 5.74) is 14.5. The van der Waals surface area contributed by atoms with Crippen LogP contribution in [0, 0.1) is 11.8 Å². The van der Waals surface area contributed by atoms with E-state index >= 15 is 0 Å². The molecule has 204 valence electrons. The fraction of sp³-hybridized carbons (Fsp3) is 0.438. The maximum Gasteiger partial charge on any atom is 0.330 e. The second-order valence-electron chi connectivity index (χ2n) is 10.2. The molecule has 0 aliphatic heterocycles. The van der Waals surface area contributed by atoms with Crippen molar-refractivity contribution in [3.05, 3.63) is 72.3 Å². The lowest BCUT2D eigenvalue weighted by Crippen LogP contribution is -2.25. The minimum Gasteiger partial charge on any atom is -0.462 e. The summed E-state index contributed by atoms with van der Waals surface area (Å²) in [5, 5.41) is 0. The number of unbranched alkanes of at least 4 members (excludes halogenated alkanes) is 4. The van der Waals surface area contributed by atoms with Gasteiger partial charge in [-0.15, -0.1) is 6.58 Å². The molecule has 1 fully saturated rings. The largest absolute Gasteiger partial charge is 0.462 e. The van der Waals surface area contributed by atoms with E-state index in [1.54, 1.807) is 30.3 Å². The predicted molar refractivity (Wildman–Crippen MR) is 154 cm³/mol. The van der Waals surface area contributed by atoms with Crippen molar-refractivity contribution in [1.29, 1.82) is 0 Å². The van der Waals surface area contributed by atoms with Crippen LogP contribution in [0.4, 0.5) is 11.4 Å². The summed E-state index contributed by atoms with van der Waals surface area (Å²) >= 11 is 0. The van der Waals surface area contributed by atoms with Gasteiger partial charge in [0, 0.05) is 23.9 Å². The van der Waals surface area contributed by atoms with Crippen LogP contribution in [0.1, 0.15) is 75.3 Å². The van der Waals surface area contributed by atoms with Crippen LogP contribution in [0.5, 0.6) is 5.75 Å². The highest BCUT2D eigenvalue weighted by Gasteiger charge is 2.27. The molecule has 6 heteroatoms. The Bertz CT molecular complexity index is 1070. The van der Waals surface area contributed by atoms with Crippen molar-refractivity contribution >= 4 is 29.4 Å². The highest BCUT2D eigenvalue weighted by molar-refractivity contribution is 5.87. The molecule has 1 saturated carbocycles. The third kappa shape index (κ3) is 10.1. The van der Waals surface area contributed by atoms with E-state index in [4.69, 9.17) is 20.9 Å². The quantitative estimate of drug-likeness (QED) is 0.0705. The molecule has 6 nitrogen and oxygen atoms in total. The normalized spacial score (nSPS) is 17.3. The van der Waals surface area contributed by atoms with Crippen LogP contribution >= 0.6 is 0 Å². The number of hydrogen-bond acceptors (Lipinski definition) is 6. The van der Waals surface area contributed by atoms with E-state index in [2.05, 4.69) is 6.58 Å². The van der Waals surface area contributed by atoms with Crippen molar-refractivity contribution in [3.63, 3.8) is 0 Å². The minimum absolute atomic E-state index is 0.0169. The first-order valence-corrected chi connectivity index (χ1v) is 13.9. The topological polar surface area (TPSA) is 105 Å². The van der Waals surface area contributed by atoms with E-state index in [1.165, 1.54) is 38.2 Å². The number of esters is 2. The van der Waals surface area contributed by atoms with E-state index in [0.717, 1.165) is 49.1 Å². The number of rotatable bonds is 14. The lowest BCUT2D eigenvalue weighted by Gasteiger charge is -2.27. The SMILES string of the molecule is C=CCCCCCCC1CCC(C(=O)Oc2ccc(C=CC(=O)OCCc3ccc(N)cc3N)cc2)CC1. The second kappa shape index (κ2) is 15.7. The van der Waals surface area contributed by atoms with E-state index < -0.39 is 5.97 Å². The summed E-state index contributed by atoms with van der Waals surface area (Å²) in [5.74, 6) is 0.681. The Morgan fingerprint density at radius 3 is 2.39 bits per heavy atom. The van der Waals surface area contributed by atoms with Gasteiger partial charge < -0.3 is 20.9 Å². The number of hydrogen-bond donors (Lipinski definition) is 2. The highest BCUT2D eigenvalue weighted by Crippen LogP contribution is 2.33. The van der Waals surface area contributed by atoms with Crippen LogP contribution < -0.4 is 16.2 Å². The first-order chi connectivity index (χ1) is 18.4. The Morgan fingerprint density at radius 1 is 0.947 bits per heavy atom. The third-order valence-electron chi connectivity index (χ3n) is 7.25. The Hall–Kier alpha value is -3.54. The average Bonchev–Trinajstić information content (AvgIpc) is 2.92. The molecule has 1 aliphatic carbocycles. The summed E-state index contributed by atoms with van der Waals surface area (Å²) in [6.07, 6.45) is 17.1. The second-order valence-corrected chi connectivity index (χ2v) is 10.2. The maximum absolute atomic E-state index is 12.7. The van der Waals surface area contributed by atoms with Crippen molar-refractivity contribution in [1.82, 2.24) is 0 Å². The lowest BCUT2D eigenvalue weighted by atomic mass is 9.80. The number of anilines is 2. The zero-order chi connectivity index (χ0) is 27.2. The smallest absolute Gasteiger partial charge is 0.330 e. The molecule has 0 spiro atoms. The van der Waals surface area contributed by atoms with Gasteiger partial charge in [0.25, 0.3) is 0 Å². The molecule has 1 aliphatic rings. The van der Waals surface area contributed by atoms with Crippen LogP contribution in [0.15, 0.2) is 61.2 Å². The fourth-order valence-electron chi connectivity index (χ4n) is 4.92. The molecule has 4 N–H and O–H groups in total. The predicted octanol–water partition coefficient (Wildman–Crippen LogP) is 6.89. The number of benzene rings is 2. The number of allylic oxidation sites excluding steroid dienone is 1. The van der Waals surface area contributed by atoms with Crippen LogP contribution in [-0.4, -0.2) is 18.5 Å². The van der Waals surface area contributed by atoms with Crippen molar-refractivity contribution < 1.29 is 19.1 Å². The zero-order valence-corrected chi connectivity index (χ0v) is 22.4. The summed E-state index contributed by atoms with van der Waals surface area (Å²) in [7, 11) is 0. The lowest BCUT2D eigenvalue weighted by molar-refractivity contribution is -0.140. The Morgan fingerprint density at radius 2 is 1.68 bits per heavy atom. The zero-order valence-electron chi connectivity index (χ0n) is 22.4. The van der Waals surface area contributed by atoms with Gasteiger partial charge in [0.05, 0.1) is 12.5 Å². The van der Waals surface area contributed by atoms with E-state index in [-0.39, 0.29) is 18.5 Å². The van der Waals surface area contributed by atoms with Crippen LogP contribution in [0.2, 0.25) is 0 Å². The number of carbonyl (C=O) groups is 2. The van der Waals surface area contributed by atoms with Gasteiger partial charge in [-0.1, -0.05) is 50.0 Å². The molecule has 0 atom stereocenters. The number of nitrogens with two attached hydrogens (primary N) is 2. The Kier molecular flexibility index (Phi) is 12.0. The van der Waals surface area contributed by atoms with Crippen LogP contribution in [0.25, 0.3) is 6.08 Å². The number of nitrogen functional groups attached to an aromatic ring is 2. The summed E-state index contributed by atoms with van der Waals surface area (Å²) in [6.45, 7) is 4.00. The molecule has 0 aromatic heterocycles. The summed E-state index contributed by atoms with van der Waals surface area (Å²) < 4.78 is 10.9. The van der Waals surface area contributed by atoms with Crippen molar-refractivity contribution in [2.75, 3.05) is 18.1 Å². The first-order valence-electron chi connectivity index (χ1n) is 13.9. The molecular weight excluding hydrogens is 476 g/mol. The molecule has 0 heterocycles. The standard InChI is InChI=1S/C32H42N2O4/c1-2-3-4-5-6-7-8-24-9-14-27(15-10-24)32(36)38-29-18-11-25(12-19-29)13-20-31(35)37-22-21-26-16-17-28(33)23-30(26)34/h2,11-13,16-20,23-24,27H,1,3-10,14-15,21-22,33-34H2. The molecule has 3 rings (SSSR count). The van der Waals surface area contributed by atoms with Gasteiger partial charge in [-0.05, 0) is 85.9 Å². The van der Waals surface area contributed by atoms with Crippen LogP contribution in [-0.2, 0) is 20.7 Å². The Labute approximate surface area is 227 Å². The number of ether oxygens (including phenoxy) is 2. The van der Waals surface area contributed by atoms with Crippen LogP contribution in [0.3, 0.4) is 0 Å². The first kappa shape index (κ1) is 29.0. The van der Waals surface area contributed by atoms with Crippen molar-refractivity contribution in [2.45, 2.75) is 70.6 Å². The van der Waals surface area contributed by atoms with Gasteiger partial charge >= 0.3 is 11.9 Å². The van der Waals surface area contributed by atoms with Gasteiger partial charge in [0.1, 0.15) is 5.75 Å². The minimum atomic E-state index is -0.433. The summed E-state index contributed by atoms with van der Waals surface area (Å²) in [4.78, 5) is 24.7. The molecule has 2 aromatic rings. The third-order valence-corrected chi connectivity index (χ3v) is 7.25. The molecule has 0 unspecified atom stereocenters. The van der Waals surface area contributed by atoms with Gasteiger partial charge in [-0.25, -0.2) is 4.79 Å². The van der Waals surface area contributed by atoms with Gasteiger partial charge in [-0.3, -0.25) is 4.79 Å². The molecule has 0 radical (unpaired) electrons. The van der Waals surface area contributed by atoms with E-state index in [0.29, 0.717) is 23.5 Å². The molecule has 38 heavy (non-hydrogen) atoms. The van der Waals surface area contributed by atoms with Crippen molar-refractivity contribution in [3.8, 4) is 5.75 Å². The van der Waals surface area contributed by atoms with Gasteiger partial charge in [0.15, 0.2) is 0 Å². The monoisotopic (exact) mass is 518 g/mol. The van der Waals surface area contributed by atoms with Gasteiger partial charge in [0.2, 0.25) is 0 Å². The summed E-state index contributed by atoms with van der Waals surface area (Å²) in [6, 6.07) is 12.4. The fourth-order valence-corrected chi connectivity index (χ4v) is 4.92. The molecular formula is C32H42N2O4. The van der Waals surface area contributed by atoms with Gasteiger partial charge in [-0.2, -0.15) is 0 Å². The molecule has 0 amide bonds. The highest BCUT2D eigenvalue weighted by atomic mass is 16.5. The van der Waals surface area contributed by atoms with E-state index in [1.807, 2.05) is 24.3 Å². The maximum atomic E-state index is 12.7. The van der Waals surface area contributed by atoms with E-state index in [9.17, 15) is 9.59 Å².